The summed E-state index contributed by atoms with van der Waals surface area (Å²) in [5.74, 6) is 0.467. The number of amides is 1. The van der Waals surface area contributed by atoms with Gasteiger partial charge >= 0.3 is 0 Å². The van der Waals surface area contributed by atoms with Crippen LogP contribution >= 0.6 is 0 Å². The molecule has 0 bridgehead atoms. The molecule has 1 heterocycles. The van der Waals surface area contributed by atoms with Crippen LogP contribution in [-0.2, 0) is 7.05 Å². The van der Waals surface area contributed by atoms with E-state index >= 15 is 0 Å². The molecule has 0 aliphatic rings. The first-order valence-corrected chi connectivity index (χ1v) is 7.17. The highest BCUT2D eigenvalue weighted by Crippen LogP contribution is 2.26. The van der Waals surface area contributed by atoms with E-state index in [1.165, 1.54) is 10.6 Å². The van der Waals surface area contributed by atoms with Crippen molar-refractivity contribution in [2.24, 2.45) is 7.05 Å². The Balaban J connectivity index is 2.24. The monoisotopic (exact) mass is 300 g/mol. The van der Waals surface area contributed by atoms with Gasteiger partial charge in [0.05, 0.1) is 13.2 Å². The van der Waals surface area contributed by atoms with Gasteiger partial charge in [-0.2, -0.15) is 0 Å². The van der Waals surface area contributed by atoms with Gasteiger partial charge in [-0.05, 0) is 18.6 Å². The zero-order valence-electron chi connectivity index (χ0n) is 13.0. The molecule has 2 rings (SSSR count). The summed E-state index contributed by atoms with van der Waals surface area (Å²) in [6.07, 6.45) is 2.30. The van der Waals surface area contributed by atoms with Gasteiger partial charge in [0.2, 0.25) is 0 Å². The maximum absolute atomic E-state index is 12.4. The van der Waals surface area contributed by atoms with Gasteiger partial charge in [-0.15, -0.1) is 0 Å². The number of rotatable bonds is 5. The van der Waals surface area contributed by atoms with Crippen molar-refractivity contribution in [3.05, 3.63) is 64.1 Å². The molecule has 1 N–H and O–H groups in total. The van der Waals surface area contributed by atoms with Gasteiger partial charge in [0, 0.05) is 30.4 Å². The summed E-state index contributed by atoms with van der Waals surface area (Å²) in [5, 5.41) is 2.95. The maximum Gasteiger partial charge on any atom is 0.252 e. The number of benzene rings is 1. The van der Waals surface area contributed by atoms with E-state index in [-0.39, 0.29) is 17.5 Å². The molecule has 1 aromatic heterocycles. The number of nitrogens with zero attached hydrogens (tertiary/aromatic N) is 1. The third-order valence-electron chi connectivity index (χ3n) is 3.59. The second-order valence-electron chi connectivity index (χ2n) is 5.04. The number of aromatic nitrogens is 1. The second kappa shape index (κ2) is 6.93. The lowest BCUT2D eigenvalue weighted by molar-refractivity contribution is 0.0935. The fraction of sp³-hybridized carbons (Fsp3) is 0.294. The average molecular weight is 300 g/mol. The van der Waals surface area contributed by atoms with Crippen LogP contribution in [0.5, 0.6) is 5.75 Å². The highest BCUT2D eigenvalue weighted by Gasteiger charge is 2.17. The van der Waals surface area contributed by atoms with Gasteiger partial charge in [0.15, 0.2) is 0 Å². The largest absolute Gasteiger partial charge is 0.496 e. The summed E-state index contributed by atoms with van der Waals surface area (Å²) in [4.78, 5) is 24.0. The number of methoxy groups -OCH3 is 1. The normalized spacial score (nSPS) is 11.8. The number of para-hydroxylation sites is 1. The number of nitrogens with one attached hydrogen (secondary N) is 1. The van der Waals surface area contributed by atoms with Crippen LogP contribution in [-0.4, -0.2) is 17.6 Å². The summed E-state index contributed by atoms with van der Waals surface area (Å²) < 4.78 is 6.77. The van der Waals surface area contributed by atoms with Crippen LogP contribution in [0.1, 0.15) is 35.3 Å². The number of aryl methyl sites for hydroxylation is 1. The summed E-state index contributed by atoms with van der Waals surface area (Å²) in [7, 11) is 3.25. The van der Waals surface area contributed by atoms with Crippen LogP contribution in [0.25, 0.3) is 0 Å². The molecule has 0 aliphatic heterocycles. The van der Waals surface area contributed by atoms with Crippen molar-refractivity contribution >= 4 is 5.91 Å². The highest BCUT2D eigenvalue weighted by atomic mass is 16.5. The number of hydrogen-bond acceptors (Lipinski definition) is 3. The topological polar surface area (TPSA) is 60.3 Å². The molecule has 1 aromatic carbocycles. The Bertz CT molecular complexity index is 722. The smallest absolute Gasteiger partial charge is 0.252 e. The van der Waals surface area contributed by atoms with Crippen molar-refractivity contribution in [2.45, 2.75) is 19.4 Å². The van der Waals surface area contributed by atoms with Crippen molar-refractivity contribution < 1.29 is 9.53 Å². The van der Waals surface area contributed by atoms with Gasteiger partial charge in [0.25, 0.3) is 11.5 Å². The molecule has 0 saturated carbocycles. The van der Waals surface area contributed by atoms with Crippen molar-refractivity contribution in [1.82, 2.24) is 9.88 Å². The molecule has 2 aromatic rings. The molecule has 0 fully saturated rings. The van der Waals surface area contributed by atoms with Gasteiger partial charge in [0.1, 0.15) is 5.75 Å². The molecular formula is C17H20N2O3. The maximum atomic E-state index is 12.4. The molecule has 0 radical (unpaired) electrons. The van der Waals surface area contributed by atoms with E-state index in [2.05, 4.69) is 5.32 Å². The van der Waals surface area contributed by atoms with E-state index in [1.54, 1.807) is 26.4 Å². The van der Waals surface area contributed by atoms with Crippen LogP contribution < -0.4 is 15.6 Å². The van der Waals surface area contributed by atoms with Crippen molar-refractivity contribution in [2.75, 3.05) is 7.11 Å². The summed E-state index contributed by atoms with van der Waals surface area (Å²) in [6.45, 7) is 1.99. The minimum absolute atomic E-state index is 0.173. The summed E-state index contributed by atoms with van der Waals surface area (Å²) in [5.41, 5.74) is 1.07. The third kappa shape index (κ3) is 3.36. The number of carbonyl (C=O) groups is 1. The van der Waals surface area contributed by atoms with Gasteiger partial charge in [-0.3, -0.25) is 9.59 Å². The van der Waals surface area contributed by atoms with Crippen LogP contribution in [0.4, 0.5) is 0 Å². The fourth-order valence-corrected chi connectivity index (χ4v) is 2.29. The Morgan fingerprint density at radius 2 is 2.05 bits per heavy atom. The summed E-state index contributed by atoms with van der Waals surface area (Å²) >= 11 is 0. The molecule has 116 valence electrons. The molecule has 1 amide bonds. The first-order chi connectivity index (χ1) is 10.6. The molecule has 0 aliphatic carbocycles. The Morgan fingerprint density at radius 1 is 1.32 bits per heavy atom. The molecule has 5 heteroatoms. The molecule has 0 saturated heterocycles. The number of pyridine rings is 1. The predicted molar refractivity (Wildman–Crippen MR) is 85.2 cm³/mol. The number of carbonyl (C=O) groups excluding carboxylic acids is 1. The van der Waals surface area contributed by atoms with Crippen molar-refractivity contribution in [1.29, 1.82) is 0 Å². The lowest BCUT2D eigenvalue weighted by Gasteiger charge is -2.20. The highest BCUT2D eigenvalue weighted by molar-refractivity contribution is 5.94. The van der Waals surface area contributed by atoms with Crippen LogP contribution in [0.15, 0.2) is 47.4 Å². The molecule has 1 atom stereocenters. The minimum atomic E-state index is -0.268. The quantitative estimate of drug-likeness (QED) is 0.921. The standard InChI is InChI=1S/C17H20N2O3/c1-4-14(13-7-5-6-8-15(13)22-3)18-17(21)12-9-10-19(2)16(20)11-12/h5-11,14H,4H2,1-3H3,(H,18,21)/t14-/m0/s1. The van der Waals surface area contributed by atoms with Crippen molar-refractivity contribution in [3.63, 3.8) is 0 Å². The van der Waals surface area contributed by atoms with Gasteiger partial charge in [-0.25, -0.2) is 0 Å². The third-order valence-corrected chi connectivity index (χ3v) is 3.59. The fourth-order valence-electron chi connectivity index (χ4n) is 2.29. The van der Waals surface area contributed by atoms with Gasteiger partial charge in [-0.1, -0.05) is 25.1 Å². The van der Waals surface area contributed by atoms with E-state index < -0.39 is 0 Å². The Morgan fingerprint density at radius 3 is 2.68 bits per heavy atom. The number of hydrogen-bond donors (Lipinski definition) is 1. The zero-order valence-corrected chi connectivity index (χ0v) is 13.0. The second-order valence-corrected chi connectivity index (χ2v) is 5.04. The van der Waals surface area contributed by atoms with Crippen LogP contribution in [0, 0.1) is 0 Å². The van der Waals surface area contributed by atoms with E-state index in [0.717, 1.165) is 17.7 Å². The first-order valence-electron chi connectivity index (χ1n) is 7.17. The Labute approximate surface area is 129 Å². The first kappa shape index (κ1) is 15.8. The van der Waals surface area contributed by atoms with E-state index in [1.807, 2.05) is 31.2 Å². The molecule has 22 heavy (non-hydrogen) atoms. The van der Waals surface area contributed by atoms with E-state index in [9.17, 15) is 9.59 Å². The molecular weight excluding hydrogens is 280 g/mol. The Hall–Kier alpha value is -2.56. The predicted octanol–water partition coefficient (Wildman–Crippen LogP) is 2.28. The van der Waals surface area contributed by atoms with Gasteiger partial charge < -0.3 is 14.6 Å². The van der Waals surface area contributed by atoms with E-state index in [0.29, 0.717) is 5.56 Å². The lowest BCUT2D eigenvalue weighted by atomic mass is 10.0. The minimum Gasteiger partial charge on any atom is -0.496 e. The van der Waals surface area contributed by atoms with Crippen LogP contribution in [0.3, 0.4) is 0 Å². The Kier molecular flexibility index (Phi) is 4.99. The average Bonchev–Trinajstić information content (AvgIpc) is 2.54. The molecule has 0 unspecified atom stereocenters. The lowest BCUT2D eigenvalue weighted by Crippen LogP contribution is -2.30. The SMILES string of the molecule is CC[C@H](NC(=O)c1ccn(C)c(=O)c1)c1ccccc1OC. The zero-order chi connectivity index (χ0) is 16.1. The molecule has 5 nitrogen and oxygen atoms in total. The van der Waals surface area contributed by atoms with Crippen LogP contribution in [0.2, 0.25) is 0 Å². The summed E-state index contributed by atoms with van der Waals surface area (Å²) in [6, 6.07) is 10.4. The van der Waals surface area contributed by atoms with E-state index in [4.69, 9.17) is 4.74 Å². The number of ether oxygens (including phenoxy) is 1. The molecule has 0 spiro atoms. The van der Waals surface area contributed by atoms with Crippen molar-refractivity contribution in [3.8, 4) is 5.75 Å².